The van der Waals surface area contributed by atoms with Crippen molar-refractivity contribution in [3.05, 3.63) is 47.0 Å². The normalized spacial score (nSPS) is 13.1. The van der Waals surface area contributed by atoms with Crippen LogP contribution >= 0.6 is 0 Å². The van der Waals surface area contributed by atoms with Gasteiger partial charge in [0.25, 0.3) is 0 Å². The van der Waals surface area contributed by atoms with Crippen LogP contribution in [0.3, 0.4) is 0 Å². The van der Waals surface area contributed by atoms with Crippen molar-refractivity contribution in [2.24, 2.45) is 4.99 Å². The quantitative estimate of drug-likeness (QED) is 0.371. The molecule has 3 aromatic carbocycles. The van der Waals surface area contributed by atoms with E-state index >= 15 is 0 Å². The lowest BCUT2D eigenvalue weighted by molar-refractivity contribution is -0.142. The molecule has 8 heteroatoms. The molecule has 8 nitrogen and oxygen atoms in total. The number of aromatic hydroxyl groups is 2. The second-order valence-electron chi connectivity index (χ2n) is 7.31. The number of esters is 1. The summed E-state index contributed by atoms with van der Waals surface area (Å²) in [4.78, 5) is 27.4. The Morgan fingerprint density at radius 2 is 1.66 bits per heavy atom. The standard InChI is InChI=1S/C24H21NO7/c1-11(26)25-22-15-8-13(10-32-12(2)27)9-17(31-4)18(15)20-21(22)24(29)19-14(23(20)28)6-5-7-16(19)30-3/h5-9,28-29H,10H2,1-4H3. The van der Waals surface area contributed by atoms with E-state index in [1.807, 2.05) is 0 Å². The van der Waals surface area contributed by atoms with Gasteiger partial charge < -0.3 is 24.4 Å². The maximum Gasteiger partial charge on any atom is 0.302 e. The van der Waals surface area contributed by atoms with Gasteiger partial charge >= 0.3 is 5.97 Å². The number of nitrogens with zero attached hydrogens (tertiary/aromatic N) is 1. The fraction of sp³-hybridized carbons (Fsp3) is 0.208. The zero-order valence-electron chi connectivity index (χ0n) is 18.0. The second-order valence-corrected chi connectivity index (χ2v) is 7.31. The van der Waals surface area contributed by atoms with Crippen molar-refractivity contribution >= 4 is 28.4 Å². The lowest BCUT2D eigenvalue weighted by atomic mass is 9.96. The molecular formula is C24H21NO7. The molecular weight excluding hydrogens is 414 g/mol. The van der Waals surface area contributed by atoms with Crippen LogP contribution in [0.1, 0.15) is 30.5 Å². The number of phenols is 2. The monoisotopic (exact) mass is 435 g/mol. The predicted molar refractivity (Wildman–Crippen MR) is 118 cm³/mol. The van der Waals surface area contributed by atoms with Gasteiger partial charge in [-0.1, -0.05) is 12.1 Å². The van der Waals surface area contributed by atoms with Gasteiger partial charge in [0.1, 0.15) is 29.6 Å². The molecule has 0 fully saturated rings. The van der Waals surface area contributed by atoms with Crippen LogP contribution < -0.4 is 9.47 Å². The summed E-state index contributed by atoms with van der Waals surface area (Å²) in [5, 5.41) is 23.2. The highest BCUT2D eigenvalue weighted by atomic mass is 16.5. The molecule has 0 aliphatic heterocycles. The van der Waals surface area contributed by atoms with E-state index < -0.39 is 11.9 Å². The number of hydrogen-bond acceptors (Lipinski definition) is 7. The van der Waals surface area contributed by atoms with Gasteiger partial charge in [-0.2, -0.15) is 0 Å². The molecule has 4 rings (SSSR count). The lowest BCUT2D eigenvalue weighted by Gasteiger charge is -2.15. The predicted octanol–water partition coefficient (Wildman–Crippen LogP) is 3.70. The maximum atomic E-state index is 12.0. The van der Waals surface area contributed by atoms with Crippen molar-refractivity contribution in [3.8, 4) is 34.1 Å². The van der Waals surface area contributed by atoms with Gasteiger partial charge in [0.2, 0.25) is 5.91 Å². The van der Waals surface area contributed by atoms with Crippen molar-refractivity contribution in [2.45, 2.75) is 20.5 Å². The Bertz CT molecular complexity index is 1320. The maximum absolute atomic E-state index is 12.0. The van der Waals surface area contributed by atoms with E-state index in [-0.39, 0.29) is 29.4 Å². The van der Waals surface area contributed by atoms with E-state index in [0.29, 0.717) is 44.5 Å². The first-order valence-electron chi connectivity index (χ1n) is 9.77. The van der Waals surface area contributed by atoms with Gasteiger partial charge in [0.05, 0.1) is 30.9 Å². The Labute approximate surface area is 183 Å². The number of ether oxygens (including phenoxy) is 3. The molecule has 1 aliphatic carbocycles. The number of aliphatic imine (C=N–C) groups is 1. The molecule has 32 heavy (non-hydrogen) atoms. The Balaban J connectivity index is 2.12. The molecule has 1 amide bonds. The van der Waals surface area contributed by atoms with E-state index in [1.54, 1.807) is 30.3 Å². The first-order valence-corrected chi connectivity index (χ1v) is 9.77. The third-order valence-corrected chi connectivity index (χ3v) is 5.30. The topological polar surface area (TPSA) is 115 Å². The number of fused-ring (bicyclic) bond motifs is 4. The summed E-state index contributed by atoms with van der Waals surface area (Å²) in [6, 6.07) is 8.40. The molecule has 0 atom stereocenters. The molecule has 0 unspecified atom stereocenters. The zero-order valence-corrected chi connectivity index (χ0v) is 18.0. The summed E-state index contributed by atoms with van der Waals surface area (Å²) in [7, 11) is 2.92. The van der Waals surface area contributed by atoms with Crippen molar-refractivity contribution in [2.75, 3.05) is 14.2 Å². The average molecular weight is 435 g/mol. The molecule has 3 aromatic rings. The first kappa shape index (κ1) is 21.2. The molecule has 0 saturated carbocycles. The van der Waals surface area contributed by atoms with Gasteiger partial charge in [-0.25, -0.2) is 4.99 Å². The first-order chi connectivity index (χ1) is 15.3. The lowest BCUT2D eigenvalue weighted by Crippen LogP contribution is -2.05. The van der Waals surface area contributed by atoms with Crippen molar-refractivity contribution < 1.29 is 34.0 Å². The summed E-state index contributed by atoms with van der Waals surface area (Å²) in [5.41, 5.74) is 2.23. The molecule has 0 bridgehead atoms. The van der Waals surface area contributed by atoms with E-state index in [2.05, 4.69) is 4.99 Å². The van der Waals surface area contributed by atoms with Crippen LogP contribution in [0.2, 0.25) is 0 Å². The molecule has 0 saturated heterocycles. The summed E-state index contributed by atoms with van der Waals surface area (Å²) in [5.74, 6) is -0.477. The van der Waals surface area contributed by atoms with Gasteiger partial charge in [-0.3, -0.25) is 9.59 Å². The van der Waals surface area contributed by atoms with Crippen molar-refractivity contribution in [1.29, 1.82) is 0 Å². The molecule has 0 spiro atoms. The Morgan fingerprint density at radius 3 is 2.28 bits per heavy atom. The van der Waals surface area contributed by atoms with E-state index in [4.69, 9.17) is 14.2 Å². The number of carbonyl (C=O) groups excluding carboxylic acids is 2. The van der Waals surface area contributed by atoms with Crippen LogP contribution in [0, 0.1) is 0 Å². The second kappa shape index (κ2) is 7.88. The summed E-state index contributed by atoms with van der Waals surface area (Å²) in [6.07, 6.45) is 0. The zero-order chi connectivity index (χ0) is 23.2. The van der Waals surface area contributed by atoms with Crippen LogP contribution in [0.4, 0.5) is 0 Å². The number of phenolic OH excluding ortho intramolecular Hbond substituents is 2. The molecule has 2 N–H and O–H groups in total. The highest BCUT2D eigenvalue weighted by molar-refractivity contribution is 6.32. The minimum absolute atomic E-state index is 0.0174. The number of methoxy groups -OCH3 is 2. The van der Waals surface area contributed by atoms with Gasteiger partial charge in [-0.05, 0) is 23.8 Å². The van der Waals surface area contributed by atoms with Crippen LogP contribution in [0.15, 0.2) is 35.3 Å². The molecule has 0 aromatic heterocycles. The minimum Gasteiger partial charge on any atom is -0.507 e. The molecule has 164 valence electrons. The van der Waals surface area contributed by atoms with E-state index in [1.165, 1.54) is 28.1 Å². The Kier molecular flexibility index (Phi) is 5.22. The summed E-state index contributed by atoms with van der Waals surface area (Å²) >= 11 is 0. The average Bonchev–Trinajstić information content (AvgIpc) is 3.08. The largest absolute Gasteiger partial charge is 0.507 e. The Hall–Kier alpha value is -4.07. The molecule has 0 radical (unpaired) electrons. The Morgan fingerprint density at radius 1 is 0.938 bits per heavy atom. The fourth-order valence-electron chi connectivity index (χ4n) is 4.07. The van der Waals surface area contributed by atoms with Crippen LogP contribution in [-0.2, 0) is 20.9 Å². The van der Waals surface area contributed by atoms with Gasteiger partial charge in [-0.15, -0.1) is 0 Å². The van der Waals surface area contributed by atoms with Crippen molar-refractivity contribution in [1.82, 2.24) is 0 Å². The summed E-state index contributed by atoms with van der Waals surface area (Å²) in [6.45, 7) is 2.58. The molecule has 1 aliphatic rings. The number of hydrogen-bond donors (Lipinski definition) is 2. The van der Waals surface area contributed by atoms with E-state index in [0.717, 1.165) is 0 Å². The van der Waals surface area contributed by atoms with Crippen LogP contribution in [0.25, 0.3) is 21.9 Å². The SMILES string of the molecule is COc1cc(COC(C)=O)cc2c1-c1c(c(O)c3c(OC)cccc3c1O)C2=NC(C)=O. The number of benzene rings is 3. The highest BCUT2D eigenvalue weighted by Crippen LogP contribution is 2.55. The minimum atomic E-state index is -0.484. The van der Waals surface area contributed by atoms with Crippen LogP contribution in [-0.4, -0.2) is 42.0 Å². The molecule has 0 heterocycles. The number of amides is 1. The highest BCUT2D eigenvalue weighted by Gasteiger charge is 2.36. The van der Waals surface area contributed by atoms with Crippen LogP contribution in [0.5, 0.6) is 23.0 Å². The van der Waals surface area contributed by atoms with Crippen molar-refractivity contribution in [3.63, 3.8) is 0 Å². The van der Waals surface area contributed by atoms with Gasteiger partial charge in [0.15, 0.2) is 0 Å². The third kappa shape index (κ3) is 3.20. The number of carbonyl (C=O) groups is 2. The third-order valence-electron chi connectivity index (χ3n) is 5.30. The fourth-order valence-corrected chi connectivity index (χ4v) is 4.07. The van der Waals surface area contributed by atoms with E-state index in [9.17, 15) is 19.8 Å². The smallest absolute Gasteiger partial charge is 0.302 e. The summed E-state index contributed by atoms with van der Waals surface area (Å²) < 4.78 is 16.1. The number of rotatable bonds is 4. The van der Waals surface area contributed by atoms with Gasteiger partial charge in [0, 0.05) is 35.9 Å².